The molecule has 0 bridgehead atoms. The number of hydrogen-bond donors (Lipinski definition) is 0. The number of nitrogens with zero attached hydrogens (tertiary/aromatic N) is 3. The first-order valence-electron chi connectivity index (χ1n) is 4.21. The first kappa shape index (κ1) is 8.62. The smallest absolute Gasteiger partial charge is 0.157 e. The van der Waals surface area contributed by atoms with Crippen LogP contribution in [0.1, 0.15) is 10.4 Å². The molecule has 0 aliphatic rings. The summed E-state index contributed by atoms with van der Waals surface area (Å²) in [6, 6.07) is 7.23. The molecule has 2 rings (SSSR count). The number of benzene rings is 1. The minimum absolute atomic E-state index is 0.663. The van der Waals surface area contributed by atoms with Crippen LogP contribution in [0, 0.1) is 0 Å². The highest BCUT2D eigenvalue weighted by molar-refractivity contribution is 5.76. The summed E-state index contributed by atoms with van der Waals surface area (Å²) >= 11 is 0. The van der Waals surface area contributed by atoms with E-state index in [0.29, 0.717) is 5.56 Å². The van der Waals surface area contributed by atoms with Crippen LogP contribution in [0.2, 0.25) is 0 Å². The molecular formula is C10H9N3O. The van der Waals surface area contributed by atoms with E-state index in [0.717, 1.165) is 17.7 Å². The first-order valence-corrected chi connectivity index (χ1v) is 4.21. The molecule has 2 aromatic rings. The summed E-state index contributed by atoms with van der Waals surface area (Å²) in [6.45, 7) is 0. The van der Waals surface area contributed by atoms with Gasteiger partial charge in [0.2, 0.25) is 0 Å². The van der Waals surface area contributed by atoms with Crippen LogP contribution in [0.5, 0.6) is 0 Å². The van der Waals surface area contributed by atoms with Crippen molar-refractivity contribution in [3.05, 3.63) is 36.2 Å². The molecule has 0 aliphatic heterocycles. The Balaban J connectivity index is 2.43. The maximum atomic E-state index is 10.4. The van der Waals surface area contributed by atoms with Crippen LogP contribution in [0.15, 0.2) is 30.6 Å². The molecule has 0 spiro atoms. The van der Waals surface area contributed by atoms with Gasteiger partial charge < -0.3 is 0 Å². The number of aldehydes is 1. The van der Waals surface area contributed by atoms with Gasteiger partial charge in [-0.1, -0.05) is 24.3 Å². The molecule has 14 heavy (non-hydrogen) atoms. The summed E-state index contributed by atoms with van der Waals surface area (Å²) < 4.78 is 1.69. The fourth-order valence-corrected chi connectivity index (χ4v) is 1.27. The van der Waals surface area contributed by atoms with E-state index in [-0.39, 0.29) is 0 Å². The Kier molecular flexibility index (Phi) is 2.10. The molecule has 0 radical (unpaired) electrons. The quantitative estimate of drug-likeness (QED) is 0.665. The molecule has 0 amide bonds. The molecule has 1 heterocycles. The summed E-state index contributed by atoms with van der Waals surface area (Å²) in [6.07, 6.45) is 2.32. The Labute approximate surface area is 81.2 Å². The molecule has 0 saturated carbocycles. The van der Waals surface area contributed by atoms with E-state index >= 15 is 0 Å². The number of aromatic nitrogens is 3. The molecule has 4 nitrogen and oxygen atoms in total. The van der Waals surface area contributed by atoms with E-state index < -0.39 is 0 Å². The number of carbonyl (C=O) groups is 1. The largest absolute Gasteiger partial charge is 0.298 e. The minimum atomic E-state index is 0.663. The molecule has 4 heteroatoms. The lowest BCUT2D eigenvalue weighted by Gasteiger charge is -1.99. The van der Waals surface area contributed by atoms with E-state index in [2.05, 4.69) is 10.1 Å². The second-order valence-electron chi connectivity index (χ2n) is 2.95. The van der Waals surface area contributed by atoms with Gasteiger partial charge in [0, 0.05) is 18.2 Å². The third kappa shape index (κ3) is 1.42. The van der Waals surface area contributed by atoms with Crippen LogP contribution >= 0.6 is 0 Å². The van der Waals surface area contributed by atoms with E-state index in [1.54, 1.807) is 16.8 Å². The second-order valence-corrected chi connectivity index (χ2v) is 2.95. The van der Waals surface area contributed by atoms with Crippen LogP contribution in [0.4, 0.5) is 0 Å². The predicted octanol–water partition coefficient (Wildman–Crippen LogP) is 1.29. The highest BCUT2D eigenvalue weighted by Gasteiger charge is 2.02. The van der Waals surface area contributed by atoms with Gasteiger partial charge in [-0.3, -0.25) is 4.79 Å². The van der Waals surface area contributed by atoms with Gasteiger partial charge in [0.25, 0.3) is 0 Å². The predicted molar refractivity (Wildman–Crippen MR) is 51.8 cm³/mol. The third-order valence-electron chi connectivity index (χ3n) is 2.02. The number of hydrogen-bond acceptors (Lipinski definition) is 3. The molecule has 70 valence electrons. The van der Waals surface area contributed by atoms with Gasteiger partial charge in [-0.2, -0.15) is 5.10 Å². The lowest BCUT2D eigenvalue weighted by molar-refractivity contribution is 0.112. The van der Waals surface area contributed by atoms with Crippen molar-refractivity contribution < 1.29 is 4.79 Å². The molecule has 0 N–H and O–H groups in total. The molecular weight excluding hydrogens is 178 g/mol. The van der Waals surface area contributed by atoms with E-state index in [1.807, 2.05) is 19.2 Å². The maximum absolute atomic E-state index is 10.4. The van der Waals surface area contributed by atoms with Gasteiger partial charge >= 0.3 is 0 Å². The number of aryl methyl sites for hydroxylation is 1. The fraction of sp³-hybridized carbons (Fsp3) is 0.100. The van der Waals surface area contributed by atoms with E-state index in [9.17, 15) is 4.79 Å². The van der Waals surface area contributed by atoms with Crippen molar-refractivity contribution in [2.45, 2.75) is 0 Å². The summed E-state index contributed by atoms with van der Waals surface area (Å²) in [4.78, 5) is 14.5. The fourth-order valence-electron chi connectivity index (χ4n) is 1.27. The van der Waals surface area contributed by atoms with E-state index in [4.69, 9.17) is 0 Å². The van der Waals surface area contributed by atoms with Crippen molar-refractivity contribution in [2.75, 3.05) is 0 Å². The standard InChI is InChI=1S/C10H9N3O/c1-13-10(11-7-12-13)9-4-2-8(6-14)3-5-9/h2-7H,1H3. The van der Waals surface area contributed by atoms with E-state index in [1.165, 1.54) is 6.33 Å². The molecule has 0 saturated heterocycles. The molecule has 0 unspecified atom stereocenters. The van der Waals surface area contributed by atoms with Gasteiger partial charge in [-0.05, 0) is 0 Å². The minimum Gasteiger partial charge on any atom is -0.298 e. The lowest BCUT2D eigenvalue weighted by atomic mass is 10.1. The zero-order valence-electron chi connectivity index (χ0n) is 7.71. The van der Waals surface area contributed by atoms with Crippen molar-refractivity contribution in [2.24, 2.45) is 7.05 Å². The van der Waals surface area contributed by atoms with Crippen LogP contribution in [0.25, 0.3) is 11.4 Å². The van der Waals surface area contributed by atoms with Crippen molar-refractivity contribution in [3.8, 4) is 11.4 Å². The van der Waals surface area contributed by atoms with Crippen LogP contribution in [-0.2, 0) is 7.05 Å². The molecule has 0 fully saturated rings. The van der Waals surface area contributed by atoms with Gasteiger partial charge in [-0.15, -0.1) is 0 Å². The molecule has 0 atom stereocenters. The Hall–Kier alpha value is -1.97. The topological polar surface area (TPSA) is 47.8 Å². The Morgan fingerprint density at radius 2 is 2.00 bits per heavy atom. The van der Waals surface area contributed by atoms with Crippen LogP contribution in [-0.4, -0.2) is 21.1 Å². The molecule has 1 aromatic carbocycles. The Morgan fingerprint density at radius 3 is 2.50 bits per heavy atom. The summed E-state index contributed by atoms with van der Waals surface area (Å²) in [5.41, 5.74) is 1.62. The molecule has 1 aromatic heterocycles. The van der Waals surface area contributed by atoms with Crippen LogP contribution < -0.4 is 0 Å². The van der Waals surface area contributed by atoms with Gasteiger partial charge in [0.1, 0.15) is 12.6 Å². The highest BCUT2D eigenvalue weighted by Crippen LogP contribution is 2.15. The van der Waals surface area contributed by atoms with Crippen molar-refractivity contribution >= 4 is 6.29 Å². The maximum Gasteiger partial charge on any atom is 0.157 e. The third-order valence-corrected chi connectivity index (χ3v) is 2.02. The number of carbonyl (C=O) groups excluding carboxylic acids is 1. The monoisotopic (exact) mass is 187 g/mol. The SMILES string of the molecule is Cn1ncnc1-c1ccc(C=O)cc1. The highest BCUT2D eigenvalue weighted by atomic mass is 16.1. The zero-order valence-corrected chi connectivity index (χ0v) is 7.71. The normalized spacial score (nSPS) is 10.1. The average molecular weight is 187 g/mol. The van der Waals surface area contributed by atoms with Crippen molar-refractivity contribution in [1.29, 1.82) is 0 Å². The second kappa shape index (κ2) is 3.41. The summed E-state index contributed by atoms with van der Waals surface area (Å²) in [5.74, 6) is 0.794. The Morgan fingerprint density at radius 1 is 1.29 bits per heavy atom. The van der Waals surface area contributed by atoms with Gasteiger partial charge in [0.15, 0.2) is 5.82 Å². The van der Waals surface area contributed by atoms with Gasteiger partial charge in [0.05, 0.1) is 0 Å². The molecule has 0 aliphatic carbocycles. The van der Waals surface area contributed by atoms with Crippen LogP contribution in [0.3, 0.4) is 0 Å². The summed E-state index contributed by atoms with van der Waals surface area (Å²) in [7, 11) is 1.83. The average Bonchev–Trinajstić information content (AvgIpc) is 2.65. The summed E-state index contributed by atoms with van der Waals surface area (Å²) in [5, 5.41) is 3.97. The first-order chi connectivity index (χ1) is 6.81. The lowest BCUT2D eigenvalue weighted by Crippen LogP contribution is -1.94. The number of rotatable bonds is 2. The van der Waals surface area contributed by atoms with Crippen molar-refractivity contribution in [1.82, 2.24) is 14.8 Å². The van der Waals surface area contributed by atoms with Gasteiger partial charge in [-0.25, -0.2) is 9.67 Å². The Bertz CT molecular complexity index is 445. The van der Waals surface area contributed by atoms with Crippen molar-refractivity contribution in [3.63, 3.8) is 0 Å². The zero-order chi connectivity index (χ0) is 9.97.